The zero-order chi connectivity index (χ0) is 7.94. The molecule has 2 heteroatoms. The van der Waals surface area contributed by atoms with Gasteiger partial charge in [-0.15, -0.1) is 0 Å². The van der Waals surface area contributed by atoms with Gasteiger partial charge in [0.05, 0.1) is 0 Å². The molecule has 1 saturated heterocycles. The Labute approximate surface area is 72.2 Å². The quantitative estimate of drug-likeness (QED) is 0.476. The van der Waals surface area contributed by atoms with Crippen LogP contribution >= 0.6 is 11.8 Å². The van der Waals surface area contributed by atoms with Gasteiger partial charge in [-0.05, 0) is 25.0 Å². The fraction of sp³-hybridized carbons (Fsp3) is 0.667. The van der Waals surface area contributed by atoms with E-state index in [-0.39, 0.29) is 0 Å². The lowest BCUT2D eigenvalue weighted by molar-refractivity contribution is -0.107. The van der Waals surface area contributed by atoms with Crippen LogP contribution in [0.15, 0.2) is 12.2 Å². The SMILES string of the molecule is O=CC/C=C\CC1CCCS1. The van der Waals surface area contributed by atoms with E-state index in [1.165, 1.54) is 18.6 Å². The topological polar surface area (TPSA) is 17.1 Å². The van der Waals surface area contributed by atoms with E-state index in [4.69, 9.17) is 0 Å². The third kappa shape index (κ3) is 3.61. The van der Waals surface area contributed by atoms with Crippen molar-refractivity contribution in [2.75, 3.05) is 5.75 Å². The first kappa shape index (κ1) is 8.85. The maximum atomic E-state index is 9.94. The Kier molecular flexibility index (Phi) is 4.36. The molecule has 1 aliphatic heterocycles. The summed E-state index contributed by atoms with van der Waals surface area (Å²) in [6.07, 6.45) is 9.50. The van der Waals surface area contributed by atoms with E-state index in [2.05, 4.69) is 17.8 Å². The second kappa shape index (κ2) is 5.42. The van der Waals surface area contributed by atoms with Crippen LogP contribution in [0.5, 0.6) is 0 Å². The van der Waals surface area contributed by atoms with Crippen LogP contribution in [0.1, 0.15) is 25.7 Å². The fourth-order valence-corrected chi connectivity index (χ4v) is 2.48. The highest BCUT2D eigenvalue weighted by molar-refractivity contribution is 8.00. The molecule has 0 N–H and O–H groups in total. The molecule has 0 bridgehead atoms. The van der Waals surface area contributed by atoms with Gasteiger partial charge in [-0.1, -0.05) is 12.2 Å². The van der Waals surface area contributed by atoms with E-state index in [0.717, 1.165) is 18.0 Å². The van der Waals surface area contributed by atoms with Crippen molar-refractivity contribution in [2.45, 2.75) is 30.9 Å². The number of hydrogen-bond acceptors (Lipinski definition) is 2. The summed E-state index contributed by atoms with van der Waals surface area (Å²) in [7, 11) is 0. The minimum absolute atomic E-state index is 0.581. The lowest BCUT2D eigenvalue weighted by Gasteiger charge is -2.01. The Morgan fingerprint density at radius 3 is 3.00 bits per heavy atom. The number of thioether (sulfide) groups is 1. The molecule has 1 nitrogen and oxygen atoms in total. The molecule has 0 aromatic carbocycles. The van der Waals surface area contributed by atoms with E-state index in [9.17, 15) is 4.79 Å². The van der Waals surface area contributed by atoms with Crippen LogP contribution in [0.3, 0.4) is 0 Å². The summed E-state index contributed by atoms with van der Waals surface area (Å²) in [5.41, 5.74) is 0. The number of carbonyl (C=O) groups excluding carboxylic acids is 1. The fourth-order valence-electron chi connectivity index (χ4n) is 1.23. The Morgan fingerprint density at radius 1 is 1.45 bits per heavy atom. The van der Waals surface area contributed by atoms with Gasteiger partial charge in [-0.3, -0.25) is 0 Å². The van der Waals surface area contributed by atoms with Crippen LogP contribution in [-0.2, 0) is 4.79 Å². The van der Waals surface area contributed by atoms with Gasteiger partial charge in [-0.25, -0.2) is 0 Å². The number of carbonyl (C=O) groups is 1. The van der Waals surface area contributed by atoms with Gasteiger partial charge in [0.25, 0.3) is 0 Å². The average Bonchev–Trinajstić information content (AvgIpc) is 2.50. The smallest absolute Gasteiger partial charge is 0.123 e. The van der Waals surface area contributed by atoms with Crippen molar-refractivity contribution in [2.24, 2.45) is 0 Å². The van der Waals surface area contributed by atoms with E-state index in [0.29, 0.717) is 6.42 Å². The third-order valence-corrected chi connectivity index (χ3v) is 3.25. The van der Waals surface area contributed by atoms with Crippen LogP contribution in [0, 0.1) is 0 Å². The Bertz CT molecular complexity index is 136. The highest BCUT2D eigenvalue weighted by Gasteiger charge is 2.12. The van der Waals surface area contributed by atoms with Gasteiger partial charge in [0.15, 0.2) is 0 Å². The maximum Gasteiger partial charge on any atom is 0.123 e. The van der Waals surface area contributed by atoms with Gasteiger partial charge in [-0.2, -0.15) is 11.8 Å². The van der Waals surface area contributed by atoms with Gasteiger partial charge < -0.3 is 4.79 Å². The van der Waals surface area contributed by atoms with Gasteiger partial charge in [0, 0.05) is 11.7 Å². The van der Waals surface area contributed by atoms with Crippen molar-refractivity contribution in [1.29, 1.82) is 0 Å². The Hall–Kier alpha value is -0.240. The number of allylic oxidation sites excluding steroid dienone is 2. The molecule has 1 fully saturated rings. The zero-order valence-corrected chi connectivity index (χ0v) is 7.48. The molecule has 0 amide bonds. The standard InChI is InChI=1S/C9H14OS/c10-7-3-1-2-5-9-6-4-8-11-9/h1-2,7,9H,3-6,8H2/b2-1-. The van der Waals surface area contributed by atoms with Gasteiger partial charge in [0.1, 0.15) is 6.29 Å². The number of rotatable bonds is 4. The average molecular weight is 170 g/mol. The minimum Gasteiger partial charge on any atom is -0.303 e. The molecule has 0 spiro atoms. The van der Waals surface area contributed by atoms with Crippen LogP contribution in [-0.4, -0.2) is 17.3 Å². The second-order valence-corrected chi connectivity index (χ2v) is 4.15. The first-order valence-corrected chi connectivity index (χ1v) is 5.18. The van der Waals surface area contributed by atoms with Crippen LogP contribution in [0.2, 0.25) is 0 Å². The molecule has 1 aliphatic rings. The minimum atomic E-state index is 0.581. The summed E-state index contributed by atoms with van der Waals surface area (Å²) in [5, 5.41) is 0.831. The lowest BCUT2D eigenvalue weighted by atomic mass is 10.2. The van der Waals surface area contributed by atoms with Gasteiger partial charge >= 0.3 is 0 Å². The Balaban J connectivity index is 2.05. The lowest BCUT2D eigenvalue weighted by Crippen LogP contribution is -1.92. The molecule has 1 heterocycles. The monoisotopic (exact) mass is 170 g/mol. The summed E-state index contributed by atoms with van der Waals surface area (Å²) < 4.78 is 0. The van der Waals surface area contributed by atoms with E-state index >= 15 is 0 Å². The summed E-state index contributed by atoms with van der Waals surface area (Å²) in [5.74, 6) is 1.33. The third-order valence-electron chi connectivity index (χ3n) is 1.82. The van der Waals surface area contributed by atoms with Crippen LogP contribution in [0.4, 0.5) is 0 Å². The van der Waals surface area contributed by atoms with Crippen molar-refractivity contribution in [1.82, 2.24) is 0 Å². The number of aldehydes is 1. The predicted molar refractivity (Wildman–Crippen MR) is 49.9 cm³/mol. The first-order valence-electron chi connectivity index (χ1n) is 4.13. The summed E-state index contributed by atoms with van der Waals surface area (Å²) in [6, 6.07) is 0. The number of hydrogen-bond donors (Lipinski definition) is 0. The Morgan fingerprint density at radius 2 is 2.36 bits per heavy atom. The first-order chi connectivity index (χ1) is 5.43. The molecule has 0 aliphatic carbocycles. The van der Waals surface area contributed by atoms with Crippen LogP contribution < -0.4 is 0 Å². The molecule has 11 heavy (non-hydrogen) atoms. The van der Waals surface area contributed by atoms with Crippen LogP contribution in [0.25, 0.3) is 0 Å². The molecule has 0 aromatic heterocycles. The summed E-state index contributed by atoms with van der Waals surface area (Å²) in [6.45, 7) is 0. The molecule has 62 valence electrons. The van der Waals surface area contributed by atoms with Crippen molar-refractivity contribution in [3.05, 3.63) is 12.2 Å². The normalized spacial score (nSPS) is 24.5. The maximum absolute atomic E-state index is 9.94. The summed E-state index contributed by atoms with van der Waals surface area (Å²) >= 11 is 2.06. The van der Waals surface area contributed by atoms with Crippen molar-refractivity contribution < 1.29 is 4.79 Å². The highest BCUT2D eigenvalue weighted by Crippen LogP contribution is 2.28. The zero-order valence-electron chi connectivity index (χ0n) is 6.66. The van der Waals surface area contributed by atoms with Crippen molar-refractivity contribution >= 4 is 18.0 Å². The highest BCUT2D eigenvalue weighted by atomic mass is 32.2. The second-order valence-electron chi connectivity index (χ2n) is 2.74. The molecular formula is C9H14OS. The van der Waals surface area contributed by atoms with Crippen molar-refractivity contribution in [3.8, 4) is 0 Å². The molecule has 0 radical (unpaired) electrons. The van der Waals surface area contributed by atoms with E-state index in [1.807, 2.05) is 6.08 Å². The molecule has 1 unspecified atom stereocenters. The molecule has 0 aromatic rings. The largest absolute Gasteiger partial charge is 0.303 e. The molecule has 1 atom stereocenters. The predicted octanol–water partition coefficient (Wildman–Crippen LogP) is 2.42. The molecule has 1 rings (SSSR count). The summed E-state index contributed by atoms with van der Waals surface area (Å²) in [4.78, 5) is 9.94. The van der Waals surface area contributed by atoms with E-state index < -0.39 is 0 Å². The van der Waals surface area contributed by atoms with E-state index in [1.54, 1.807) is 0 Å². The molecular weight excluding hydrogens is 156 g/mol. The van der Waals surface area contributed by atoms with Gasteiger partial charge in [0.2, 0.25) is 0 Å². The molecule has 0 saturated carbocycles. The van der Waals surface area contributed by atoms with Crippen molar-refractivity contribution in [3.63, 3.8) is 0 Å².